The van der Waals surface area contributed by atoms with Crippen LogP contribution in [-0.4, -0.2) is 18.9 Å². The van der Waals surface area contributed by atoms with E-state index in [-0.39, 0.29) is 10.7 Å². The number of amides is 1. The molecule has 0 aliphatic carbocycles. The number of nitrogens with one attached hydrogen (secondary N) is 1. The van der Waals surface area contributed by atoms with E-state index in [1.165, 1.54) is 5.56 Å². The Labute approximate surface area is 108 Å². The number of hydrogen-bond acceptors (Lipinski definition) is 2. The molecular formula is C13H19NO2S. The first-order chi connectivity index (χ1) is 7.86. The van der Waals surface area contributed by atoms with E-state index < -0.39 is 0 Å². The molecule has 0 heterocycles. The van der Waals surface area contributed by atoms with Gasteiger partial charge in [-0.05, 0) is 13.0 Å². The Morgan fingerprint density at radius 3 is 2.65 bits per heavy atom. The van der Waals surface area contributed by atoms with Crippen LogP contribution in [-0.2, 0) is 5.41 Å². The Morgan fingerprint density at radius 1 is 1.47 bits per heavy atom. The molecule has 1 N–H and O–H groups in total. The number of rotatable bonds is 4. The SMILES string of the molecule is COc1ccc(C)cc1C(C)(C)CNC(=O)S. The van der Waals surface area contributed by atoms with Crippen LogP contribution < -0.4 is 10.1 Å². The second kappa shape index (κ2) is 5.45. The quantitative estimate of drug-likeness (QED) is 0.810. The molecule has 0 atom stereocenters. The normalized spacial score (nSPS) is 11.1. The summed E-state index contributed by atoms with van der Waals surface area (Å²) in [6, 6.07) is 6.05. The number of carbonyl (C=O) groups is 1. The van der Waals surface area contributed by atoms with Gasteiger partial charge in [-0.1, -0.05) is 44.2 Å². The van der Waals surface area contributed by atoms with E-state index >= 15 is 0 Å². The molecule has 0 aromatic heterocycles. The van der Waals surface area contributed by atoms with Gasteiger partial charge in [-0.2, -0.15) is 0 Å². The van der Waals surface area contributed by atoms with Gasteiger partial charge in [0.05, 0.1) is 7.11 Å². The molecule has 1 amide bonds. The number of methoxy groups -OCH3 is 1. The highest BCUT2D eigenvalue weighted by Crippen LogP contribution is 2.32. The number of ether oxygens (including phenoxy) is 1. The maximum absolute atomic E-state index is 10.9. The molecule has 0 saturated carbocycles. The zero-order chi connectivity index (χ0) is 13.1. The van der Waals surface area contributed by atoms with Crippen LogP contribution in [0.5, 0.6) is 5.75 Å². The van der Waals surface area contributed by atoms with Crippen LogP contribution in [0.4, 0.5) is 4.79 Å². The molecule has 4 heteroatoms. The van der Waals surface area contributed by atoms with Gasteiger partial charge in [0.25, 0.3) is 5.24 Å². The van der Waals surface area contributed by atoms with E-state index in [1.54, 1.807) is 7.11 Å². The summed E-state index contributed by atoms with van der Waals surface area (Å²) < 4.78 is 5.36. The number of carbonyl (C=O) groups excluding carboxylic acids is 1. The highest BCUT2D eigenvalue weighted by Gasteiger charge is 2.24. The van der Waals surface area contributed by atoms with Crippen molar-refractivity contribution in [2.24, 2.45) is 0 Å². The van der Waals surface area contributed by atoms with Gasteiger partial charge in [0.15, 0.2) is 0 Å². The molecule has 0 aliphatic rings. The number of thiol groups is 1. The van der Waals surface area contributed by atoms with Gasteiger partial charge < -0.3 is 10.1 Å². The van der Waals surface area contributed by atoms with Crippen LogP contribution in [0.15, 0.2) is 18.2 Å². The van der Waals surface area contributed by atoms with Crippen molar-refractivity contribution < 1.29 is 9.53 Å². The zero-order valence-electron chi connectivity index (χ0n) is 10.7. The molecule has 0 saturated heterocycles. The van der Waals surface area contributed by atoms with Gasteiger partial charge in [0.1, 0.15) is 5.75 Å². The smallest absolute Gasteiger partial charge is 0.276 e. The second-order valence-electron chi connectivity index (χ2n) is 4.75. The van der Waals surface area contributed by atoms with Crippen molar-refractivity contribution in [3.63, 3.8) is 0 Å². The van der Waals surface area contributed by atoms with Crippen molar-refractivity contribution in [2.45, 2.75) is 26.2 Å². The lowest BCUT2D eigenvalue weighted by Crippen LogP contribution is -2.34. The van der Waals surface area contributed by atoms with Crippen molar-refractivity contribution in [2.75, 3.05) is 13.7 Å². The molecule has 0 fully saturated rings. The van der Waals surface area contributed by atoms with E-state index in [0.29, 0.717) is 6.54 Å². The van der Waals surface area contributed by atoms with E-state index in [2.05, 4.69) is 37.9 Å². The van der Waals surface area contributed by atoms with E-state index in [1.807, 2.05) is 19.1 Å². The van der Waals surface area contributed by atoms with Crippen molar-refractivity contribution in [3.8, 4) is 5.75 Å². The predicted molar refractivity (Wildman–Crippen MR) is 73.1 cm³/mol. The maximum Gasteiger partial charge on any atom is 0.276 e. The third-order valence-electron chi connectivity index (χ3n) is 2.77. The molecule has 94 valence electrons. The topological polar surface area (TPSA) is 38.3 Å². The molecule has 1 aromatic carbocycles. The van der Waals surface area contributed by atoms with Crippen LogP contribution in [0, 0.1) is 6.92 Å². The van der Waals surface area contributed by atoms with Crippen molar-refractivity contribution in [3.05, 3.63) is 29.3 Å². The lowest BCUT2D eigenvalue weighted by molar-refractivity contribution is 0.258. The lowest BCUT2D eigenvalue weighted by atomic mass is 9.83. The molecule has 3 nitrogen and oxygen atoms in total. The maximum atomic E-state index is 10.9. The Kier molecular flexibility index (Phi) is 4.46. The highest BCUT2D eigenvalue weighted by atomic mass is 32.1. The summed E-state index contributed by atoms with van der Waals surface area (Å²) in [7, 11) is 1.65. The summed E-state index contributed by atoms with van der Waals surface area (Å²) in [6.45, 7) is 6.69. The lowest BCUT2D eigenvalue weighted by Gasteiger charge is -2.27. The summed E-state index contributed by atoms with van der Waals surface area (Å²) >= 11 is 3.71. The summed E-state index contributed by atoms with van der Waals surface area (Å²) in [6.07, 6.45) is 0. The minimum atomic E-state index is -0.315. The monoisotopic (exact) mass is 253 g/mol. The molecule has 1 aromatic rings. The number of aryl methyl sites for hydroxylation is 1. The fourth-order valence-electron chi connectivity index (χ4n) is 1.74. The second-order valence-corrected chi connectivity index (χ2v) is 5.15. The average Bonchev–Trinajstić information content (AvgIpc) is 2.26. The largest absolute Gasteiger partial charge is 0.496 e. The fourth-order valence-corrected chi connectivity index (χ4v) is 1.82. The molecule has 0 aliphatic heterocycles. The van der Waals surface area contributed by atoms with Crippen LogP contribution in [0.3, 0.4) is 0 Å². The van der Waals surface area contributed by atoms with Crippen LogP contribution in [0.1, 0.15) is 25.0 Å². The predicted octanol–water partition coefficient (Wildman–Crippen LogP) is 2.92. The van der Waals surface area contributed by atoms with Gasteiger partial charge >= 0.3 is 0 Å². The number of hydrogen-bond donors (Lipinski definition) is 2. The van der Waals surface area contributed by atoms with Crippen molar-refractivity contribution in [1.82, 2.24) is 5.32 Å². The molecule has 0 spiro atoms. The fraction of sp³-hybridized carbons (Fsp3) is 0.462. The van der Waals surface area contributed by atoms with Gasteiger partial charge in [-0.15, -0.1) is 0 Å². The standard InChI is InChI=1S/C13H19NO2S/c1-9-5-6-11(16-4)10(7-9)13(2,3)8-14-12(15)17/h5-7H,8H2,1-4H3,(H2,14,15,17). The summed E-state index contributed by atoms with van der Waals surface area (Å²) in [5.74, 6) is 0.842. The Balaban J connectivity index is 3.03. The first-order valence-corrected chi connectivity index (χ1v) is 5.93. The Hall–Kier alpha value is -1.16. The molecule has 1 rings (SSSR count). The summed E-state index contributed by atoms with van der Waals surface area (Å²) in [5.41, 5.74) is 2.06. The van der Waals surface area contributed by atoms with Gasteiger partial charge in [0, 0.05) is 17.5 Å². The average molecular weight is 253 g/mol. The summed E-state index contributed by atoms with van der Waals surface area (Å²) in [5, 5.41) is 2.41. The first kappa shape index (κ1) is 13.9. The zero-order valence-corrected chi connectivity index (χ0v) is 11.6. The third-order valence-corrected chi connectivity index (χ3v) is 2.92. The third kappa shape index (κ3) is 3.66. The van der Waals surface area contributed by atoms with Gasteiger partial charge in [-0.3, -0.25) is 4.79 Å². The van der Waals surface area contributed by atoms with Gasteiger partial charge in [-0.25, -0.2) is 0 Å². The van der Waals surface area contributed by atoms with E-state index in [4.69, 9.17) is 4.74 Å². The first-order valence-electron chi connectivity index (χ1n) is 5.49. The summed E-state index contributed by atoms with van der Waals surface area (Å²) in [4.78, 5) is 10.9. The van der Waals surface area contributed by atoms with Crippen LogP contribution in [0.2, 0.25) is 0 Å². The number of benzene rings is 1. The van der Waals surface area contributed by atoms with Crippen molar-refractivity contribution >= 4 is 17.9 Å². The molecular weight excluding hydrogens is 234 g/mol. The Bertz CT molecular complexity index is 416. The minimum Gasteiger partial charge on any atom is -0.496 e. The van der Waals surface area contributed by atoms with Gasteiger partial charge in [0.2, 0.25) is 0 Å². The molecule has 0 radical (unpaired) electrons. The van der Waals surface area contributed by atoms with E-state index in [9.17, 15) is 4.79 Å². The van der Waals surface area contributed by atoms with Crippen LogP contribution in [0.25, 0.3) is 0 Å². The van der Waals surface area contributed by atoms with E-state index in [0.717, 1.165) is 11.3 Å². The van der Waals surface area contributed by atoms with Crippen LogP contribution >= 0.6 is 12.6 Å². The van der Waals surface area contributed by atoms with Crippen molar-refractivity contribution in [1.29, 1.82) is 0 Å². The highest BCUT2D eigenvalue weighted by molar-refractivity contribution is 7.96. The molecule has 0 unspecified atom stereocenters. The molecule has 0 bridgehead atoms. The Morgan fingerprint density at radius 2 is 2.12 bits per heavy atom. The minimum absolute atomic E-state index is 0.199. The molecule has 17 heavy (non-hydrogen) atoms.